The maximum absolute atomic E-state index is 4.03. The van der Waals surface area contributed by atoms with Gasteiger partial charge in [-0.25, -0.2) is 0 Å². The van der Waals surface area contributed by atoms with Crippen LogP contribution in [-0.4, -0.2) is 36.1 Å². The minimum absolute atomic E-state index is 0.203. The Hall–Kier alpha value is -0.340. The van der Waals surface area contributed by atoms with E-state index in [2.05, 4.69) is 58.3 Å². The summed E-state index contributed by atoms with van der Waals surface area (Å²) in [6, 6.07) is 0.626. The Balaban J connectivity index is 4.40. The fourth-order valence-corrected chi connectivity index (χ4v) is 2.02. The lowest BCUT2D eigenvalue weighted by molar-refractivity contribution is 0.194. The third kappa shape index (κ3) is 8.39. The van der Waals surface area contributed by atoms with Crippen LogP contribution in [0.5, 0.6) is 0 Å². The second-order valence-corrected chi connectivity index (χ2v) is 6.09. The van der Waals surface area contributed by atoms with E-state index >= 15 is 0 Å². The van der Waals surface area contributed by atoms with E-state index in [1.807, 2.05) is 0 Å². The summed E-state index contributed by atoms with van der Waals surface area (Å²) in [6.45, 7) is 20.5. The van der Waals surface area contributed by atoms with Gasteiger partial charge in [0.15, 0.2) is 0 Å². The molecule has 0 aliphatic carbocycles. The SMILES string of the molecule is C=C(C)CN(CC)C(CCC)CNC(C)(C)C. The molecule has 0 fully saturated rings. The van der Waals surface area contributed by atoms with E-state index in [1.54, 1.807) is 0 Å². The zero-order chi connectivity index (χ0) is 13.5. The molecule has 0 heterocycles. The van der Waals surface area contributed by atoms with Crippen LogP contribution in [0, 0.1) is 0 Å². The first kappa shape index (κ1) is 16.7. The third-order valence-corrected chi connectivity index (χ3v) is 2.89. The Bertz CT molecular complexity index is 215. The van der Waals surface area contributed by atoms with E-state index in [0.29, 0.717) is 6.04 Å². The van der Waals surface area contributed by atoms with Gasteiger partial charge in [-0.1, -0.05) is 32.4 Å². The van der Waals surface area contributed by atoms with E-state index in [1.165, 1.54) is 18.4 Å². The second kappa shape index (κ2) is 7.88. The van der Waals surface area contributed by atoms with Crippen LogP contribution in [0.2, 0.25) is 0 Å². The number of rotatable bonds is 8. The van der Waals surface area contributed by atoms with Gasteiger partial charge in [-0.15, -0.1) is 0 Å². The first-order chi connectivity index (χ1) is 7.80. The molecule has 1 atom stereocenters. The summed E-state index contributed by atoms with van der Waals surface area (Å²) in [6.07, 6.45) is 2.49. The standard InChI is InChI=1S/C15H32N2/c1-8-10-14(11-16-15(5,6)7)17(9-2)12-13(3)4/h14,16H,3,8-12H2,1-2,4-7H3. The molecule has 17 heavy (non-hydrogen) atoms. The maximum Gasteiger partial charge on any atom is 0.0224 e. The fourth-order valence-electron chi connectivity index (χ4n) is 2.02. The molecule has 0 aromatic carbocycles. The molecule has 0 aromatic heterocycles. The Morgan fingerprint density at radius 3 is 2.24 bits per heavy atom. The molecule has 0 radical (unpaired) electrons. The molecule has 0 aliphatic rings. The van der Waals surface area contributed by atoms with Gasteiger partial charge in [0.25, 0.3) is 0 Å². The molecule has 0 spiro atoms. The van der Waals surface area contributed by atoms with Crippen LogP contribution >= 0.6 is 0 Å². The molecule has 0 saturated carbocycles. The monoisotopic (exact) mass is 240 g/mol. The van der Waals surface area contributed by atoms with Crippen molar-refractivity contribution in [1.29, 1.82) is 0 Å². The van der Waals surface area contributed by atoms with Crippen LogP contribution in [0.1, 0.15) is 54.4 Å². The number of nitrogens with one attached hydrogen (secondary N) is 1. The van der Waals surface area contributed by atoms with Crippen molar-refractivity contribution < 1.29 is 0 Å². The highest BCUT2D eigenvalue weighted by Gasteiger charge is 2.18. The van der Waals surface area contributed by atoms with Gasteiger partial charge in [0.1, 0.15) is 0 Å². The van der Waals surface area contributed by atoms with E-state index in [4.69, 9.17) is 0 Å². The molecule has 0 saturated heterocycles. The van der Waals surface area contributed by atoms with Gasteiger partial charge < -0.3 is 5.32 Å². The topological polar surface area (TPSA) is 15.3 Å². The van der Waals surface area contributed by atoms with Crippen LogP contribution in [0.15, 0.2) is 12.2 Å². The summed E-state index contributed by atoms with van der Waals surface area (Å²) in [7, 11) is 0. The largest absolute Gasteiger partial charge is 0.311 e. The van der Waals surface area contributed by atoms with Crippen LogP contribution in [0.25, 0.3) is 0 Å². The quantitative estimate of drug-likeness (QED) is 0.654. The van der Waals surface area contributed by atoms with Crippen molar-refractivity contribution in [3.8, 4) is 0 Å². The minimum Gasteiger partial charge on any atom is -0.311 e. The van der Waals surface area contributed by atoms with Crippen LogP contribution in [-0.2, 0) is 0 Å². The molecule has 2 nitrogen and oxygen atoms in total. The highest BCUT2D eigenvalue weighted by Crippen LogP contribution is 2.10. The number of nitrogens with zero attached hydrogens (tertiary/aromatic N) is 1. The van der Waals surface area contributed by atoms with Gasteiger partial charge in [0.05, 0.1) is 0 Å². The molecular weight excluding hydrogens is 208 g/mol. The summed E-state index contributed by atoms with van der Waals surface area (Å²) >= 11 is 0. The highest BCUT2D eigenvalue weighted by atomic mass is 15.2. The van der Waals surface area contributed by atoms with Gasteiger partial charge in [0, 0.05) is 24.7 Å². The van der Waals surface area contributed by atoms with Crippen LogP contribution in [0.4, 0.5) is 0 Å². The van der Waals surface area contributed by atoms with Crippen molar-refractivity contribution in [3.63, 3.8) is 0 Å². The van der Waals surface area contributed by atoms with E-state index < -0.39 is 0 Å². The molecular formula is C15H32N2. The van der Waals surface area contributed by atoms with E-state index in [-0.39, 0.29) is 5.54 Å². The zero-order valence-electron chi connectivity index (χ0n) is 12.8. The van der Waals surface area contributed by atoms with Crippen LogP contribution in [0.3, 0.4) is 0 Å². The van der Waals surface area contributed by atoms with Crippen molar-refractivity contribution in [2.75, 3.05) is 19.6 Å². The van der Waals surface area contributed by atoms with Crippen molar-refractivity contribution in [2.45, 2.75) is 66.0 Å². The van der Waals surface area contributed by atoms with Crippen molar-refractivity contribution >= 4 is 0 Å². The highest BCUT2D eigenvalue weighted by molar-refractivity contribution is 4.94. The van der Waals surface area contributed by atoms with Crippen molar-refractivity contribution in [1.82, 2.24) is 10.2 Å². The predicted molar refractivity (Wildman–Crippen MR) is 78.5 cm³/mol. The lowest BCUT2D eigenvalue weighted by atomic mass is 10.1. The first-order valence-corrected chi connectivity index (χ1v) is 6.93. The average Bonchev–Trinajstić information content (AvgIpc) is 2.19. The molecule has 102 valence electrons. The lowest BCUT2D eigenvalue weighted by Gasteiger charge is -2.33. The van der Waals surface area contributed by atoms with Gasteiger partial charge in [-0.3, -0.25) is 4.90 Å². The molecule has 0 aromatic rings. The van der Waals surface area contributed by atoms with Crippen molar-refractivity contribution in [3.05, 3.63) is 12.2 Å². The summed E-state index contributed by atoms with van der Waals surface area (Å²) in [5.41, 5.74) is 1.46. The van der Waals surface area contributed by atoms with Crippen LogP contribution < -0.4 is 5.32 Å². The van der Waals surface area contributed by atoms with Crippen molar-refractivity contribution in [2.24, 2.45) is 0 Å². The second-order valence-electron chi connectivity index (χ2n) is 6.09. The smallest absolute Gasteiger partial charge is 0.0224 e. The van der Waals surface area contributed by atoms with Gasteiger partial charge in [-0.05, 0) is 40.7 Å². The Morgan fingerprint density at radius 1 is 1.29 bits per heavy atom. The van der Waals surface area contributed by atoms with Gasteiger partial charge in [-0.2, -0.15) is 0 Å². The Labute approximate surface area is 108 Å². The first-order valence-electron chi connectivity index (χ1n) is 6.93. The molecule has 0 bridgehead atoms. The lowest BCUT2D eigenvalue weighted by Crippen LogP contribution is -2.48. The van der Waals surface area contributed by atoms with Gasteiger partial charge >= 0.3 is 0 Å². The zero-order valence-corrected chi connectivity index (χ0v) is 12.8. The maximum atomic E-state index is 4.03. The van der Waals surface area contributed by atoms with E-state index in [9.17, 15) is 0 Å². The summed E-state index contributed by atoms with van der Waals surface area (Å²) in [5, 5.41) is 3.62. The summed E-state index contributed by atoms with van der Waals surface area (Å²) < 4.78 is 0. The third-order valence-electron chi connectivity index (χ3n) is 2.89. The molecule has 0 amide bonds. The fraction of sp³-hybridized carbons (Fsp3) is 0.867. The average molecular weight is 240 g/mol. The normalized spacial score (nSPS) is 14.1. The summed E-state index contributed by atoms with van der Waals surface area (Å²) in [4.78, 5) is 2.53. The summed E-state index contributed by atoms with van der Waals surface area (Å²) in [5.74, 6) is 0. The minimum atomic E-state index is 0.203. The Kier molecular flexibility index (Phi) is 7.73. The van der Waals surface area contributed by atoms with E-state index in [0.717, 1.165) is 19.6 Å². The number of hydrogen-bond acceptors (Lipinski definition) is 2. The van der Waals surface area contributed by atoms with Gasteiger partial charge in [0.2, 0.25) is 0 Å². The number of hydrogen-bond donors (Lipinski definition) is 1. The molecule has 0 aliphatic heterocycles. The molecule has 1 N–H and O–H groups in total. The molecule has 0 rings (SSSR count). The predicted octanol–water partition coefficient (Wildman–Crippen LogP) is 3.44. The molecule has 1 unspecified atom stereocenters. The Morgan fingerprint density at radius 2 is 1.88 bits per heavy atom. The number of likely N-dealkylation sites (N-methyl/N-ethyl adjacent to an activating group) is 1. The molecule has 2 heteroatoms.